The van der Waals surface area contributed by atoms with Crippen molar-refractivity contribution in [2.75, 3.05) is 20.7 Å². The van der Waals surface area contributed by atoms with Gasteiger partial charge in [0, 0.05) is 50.9 Å². The first-order valence-electron chi connectivity index (χ1n) is 29.8. The first-order valence-corrected chi connectivity index (χ1v) is 29.8. The number of ether oxygens (including phenoxy) is 2. The number of nitrogens with zero attached hydrogens (tertiary/aromatic N) is 5. The SMILES string of the molecule is C=C1C(=O)N[C@H](C)C(=O)N[C@@H](Cc2ccc(OCc3cn(-c4cc5ccc(O)cc5oc4=O)nn3)cc2)C(=O)N[C@@H](C(=O)O)[C@H](C)C(=O)N[C@@H](CCCN=C(N)N)C(=O)N[C@@H](/C=C/C(C)=C/[C@H](C)[C@H](Cc2ccccc2)OC)[C@H](C)C(=O)N[C@@H](C(=O)O)CCC(=O)N1C. The summed E-state index contributed by atoms with van der Waals surface area (Å²) in [5, 5.41) is 54.4. The number of likely N-dealkylation sites (N-methyl/N-ethyl adjacent to an activating group) is 1. The Balaban J connectivity index is 1.29. The number of aliphatic carboxylic acids is 2. The molecular formula is C64H79N13O16. The molecule has 29 heteroatoms. The quantitative estimate of drug-likeness (QED) is 0.0140. The molecule has 1 aliphatic heterocycles. The topological polar surface area (TPSA) is 434 Å². The van der Waals surface area contributed by atoms with Gasteiger partial charge in [-0.2, -0.15) is 0 Å². The maximum absolute atomic E-state index is 14.6. The van der Waals surface area contributed by atoms with E-state index >= 15 is 0 Å². The zero-order chi connectivity index (χ0) is 68.2. The zero-order valence-electron chi connectivity index (χ0n) is 52.5. The number of methoxy groups -OCH3 is 1. The number of benzene rings is 3. The molecule has 1 aliphatic rings. The van der Waals surface area contributed by atoms with Crippen LogP contribution in [0.5, 0.6) is 11.5 Å². The average Bonchev–Trinajstić information content (AvgIpc) is 1.99. The van der Waals surface area contributed by atoms with Gasteiger partial charge in [0.2, 0.25) is 35.4 Å². The van der Waals surface area contributed by atoms with Crippen LogP contribution in [0.15, 0.2) is 135 Å². The van der Waals surface area contributed by atoms with E-state index in [4.69, 9.17) is 25.4 Å². The summed E-state index contributed by atoms with van der Waals surface area (Å²) < 4.78 is 18.3. The van der Waals surface area contributed by atoms with Crippen molar-refractivity contribution < 1.29 is 72.4 Å². The molecule has 3 heterocycles. The van der Waals surface area contributed by atoms with Crippen molar-refractivity contribution in [2.24, 2.45) is 34.2 Å². The molecule has 2 aromatic heterocycles. The van der Waals surface area contributed by atoms with Crippen molar-refractivity contribution >= 4 is 70.2 Å². The van der Waals surface area contributed by atoms with Gasteiger partial charge in [-0.05, 0) is 81.0 Å². The summed E-state index contributed by atoms with van der Waals surface area (Å²) in [4.78, 5) is 142. The first-order chi connectivity index (χ1) is 44.1. The van der Waals surface area contributed by atoms with E-state index in [1.165, 1.54) is 87.2 Å². The number of aromatic hydroxyl groups is 1. The number of aliphatic imine (C=N–C) groups is 1. The second kappa shape index (κ2) is 33.4. The molecule has 1 fully saturated rings. The van der Waals surface area contributed by atoms with Crippen LogP contribution in [0.4, 0.5) is 0 Å². The first kappa shape index (κ1) is 71.4. The van der Waals surface area contributed by atoms with E-state index in [2.05, 4.69) is 53.8 Å². The van der Waals surface area contributed by atoms with E-state index in [1.807, 2.05) is 43.3 Å². The minimum absolute atomic E-state index is 0.0230. The van der Waals surface area contributed by atoms with Crippen molar-refractivity contribution in [1.29, 1.82) is 0 Å². The monoisotopic (exact) mass is 1290 g/mol. The number of aromatic nitrogens is 3. The third-order valence-electron chi connectivity index (χ3n) is 15.5. The van der Waals surface area contributed by atoms with E-state index in [9.17, 15) is 63.3 Å². The lowest BCUT2D eigenvalue weighted by Crippen LogP contribution is -2.59. The molecule has 0 radical (unpaired) electrons. The molecule has 0 saturated carbocycles. The molecule has 0 aliphatic carbocycles. The maximum atomic E-state index is 14.6. The Hall–Kier alpha value is -10.7. The smallest absolute Gasteiger partial charge is 0.362 e. The summed E-state index contributed by atoms with van der Waals surface area (Å²) >= 11 is 0. The lowest BCUT2D eigenvalue weighted by atomic mass is 9.94. The molecule has 6 rings (SSSR count). The van der Waals surface area contributed by atoms with Crippen molar-refractivity contribution in [3.8, 4) is 17.2 Å². The van der Waals surface area contributed by atoms with Crippen LogP contribution in [0.1, 0.15) is 77.1 Å². The highest BCUT2D eigenvalue weighted by Gasteiger charge is 2.38. The van der Waals surface area contributed by atoms with Crippen LogP contribution >= 0.6 is 0 Å². The molecule has 29 nitrogen and oxygen atoms in total. The molecule has 13 N–H and O–H groups in total. The van der Waals surface area contributed by atoms with Gasteiger partial charge >= 0.3 is 17.6 Å². The number of amides is 7. The summed E-state index contributed by atoms with van der Waals surface area (Å²) in [6.45, 7) is 11.1. The van der Waals surface area contributed by atoms with E-state index < -0.39 is 126 Å². The minimum atomic E-state index is -2.02. The van der Waals surface area contributed by atoms with Crippen LogP contribution in [-0.2, 0) is 67.3 Å². The van der Waals surface area contributed by atoms with Gasteiger partial charge in [-0.3, -0.25) is 38.6 Å². The average molecular weight is 1290 g/mol. The number of allylic oxidation sites excluding steroid dienone is 2. The van der Waals surface area contributed by atoms with E-state index in [0.717, 1.165) is 10.5 Å². The number of nitrogens with one attached hydrogen (secondary N) is 6. The number of phenolic OH excluding ortho intramolecular Hbond substituents is 1. The Bertz CT molecular complexity index is 3690. The van der Waals surface area contributed by atoms with Crippen molar-refractivity contribution in [2.45, 2.75) is 122 Å². The van der Waals surface area contributed by atoms with Gasteiger partial charge in [-0.1, -0.05) is 98.8 Å². The molecule has 0 bridgehead atoms. The van der Waals surface area contributed by atoms with Crippen LogP contribution in [0.3, 0.4) is 0 Å². The zero-order valence-corrected chi connectivity index (χ0v) is 52.5. The number of rotatable bonds is 19. The molecule has 496 valence electrons. The predicted octanol–water partition coefficient (Wildman–Crippen LogP) is 1.79. The van der Waals surface area contributed by atoms with Gasteiger partial charge in [-0.25, -0.2) is 19.1 Å². The summed E-state index contributed by atoms with van der Waals surface area (Å²) in [5.41, 5.74) is 12.5. The number of guanidine groups is 1. The van der Waals surface area contributed by atoms with Gasteiger partial charge in [0.25, 0.3) is 5.91 Å². The third kappa shape index (κ3) is 20.7. The Kier molecular flexibility index (Phi) is 25.6. The van der Waals surface area contributed by atoms with Gasteiger partial charge in [0.1, 0.15) is 65.3 Å². The molecule has 0 spiro atoms. The van der Waals surface area contributed by atoms with Crippen LogP contribution in [0.25, 0.3) is 16.7 Å². The molecule has 0 unspecified atom stereocenters. The van der Waals surface area contributed by atoms with Crippen LogP contribution < -0.4 is 53.7 Å². The number of carbonyl (C=O) groups is 9. The molecule has 10 atom stereocenters. The molecular weight excluding hydrogens is 1210 g/mol. The minimum Gasteiger partial charge on any atom is -0.508 e. The second-order valence-electron chi connectivity index (χ2n) is 22.6. The highest BCUT2D eigenvalue weighted by molar-refractivity contribution is 6.00. The number of hydrogen-bond acceptors (Lipinski definition) is 17. The number of carboxylic acids is 2. The summed E-state index contributed by atoms with van der Waals surface area (Å²) in [5.74, 6) is -13.0. The number of fused-ring (bicyclic) bond motifs is 1. The largest absolute Gasteiger partial charge is 0.508 e. The van der Waals surface area contributed by atoms with Crippen LogP contribution in [-0.4, -0.2) is 158 Å². The van der Waals surface area contributed by atoms with Crippen molar-refractivity contribution in [3.05, 3.63) is 148 Å². The molecule has 1 saturated heterocycles. The Morgan fingerprint density at radius 2 is 1.51 bits per heavy atom. The summed E-state index contributed by atoms with van der Waals surface area (Å²) in [6.07, 6.45) is 5.43. The number of carboxylic acid groups (broad SMARTS) is 2. The van der Waals surface area contributed by atoms with Gasteiger partial charge < -0.3 is 77.5 Å². The molecule has 3 aromatic carbocycles. The Morgan fingerprint density at radius 1 is 0.828 bits per heavy atom. The fourth-order valence-electron chi connectivity index (χ4n) is 9.81. The highest BCUT2D eigenvalue weighted by Crippen LogP contribution is 2.23. The van der Waals surface area contributed by atoms with E-state index in [1.54, 1.807) is 26.2 Å². The van der Waals surface area contributed by atoms with E-state index in [-0.39, 0.29) is 67.4 Å². The highest BCUT2D eigenvalue weighted by atomic mass is 16.5. The lowest BCUT2D eigenvalue weighted by molar-refractivity contribution is -0.146. The Morgan fingerprint density at radius 3 is 2.17 bits per heavy atom. The van der Waals surface area contributed by atoms with Crippen molar-refractivity contribution in [3.63, 3.8) is 0 Å². The van der Waals surface area contributed by atoms with Crippen LogP contribution in [0.2, 0.25) is 0 Å². The van der Waals surface area contributed by atoms with Crippen LogP contribution in [0, 0.1) is 17.8 Å². The van der Waals surface area contributed by atoms with Gasteiger partial charge in [0.05, 0.1) is 30.2 Å². The Labute approximate surface area is 535 Å². The predicted molar refractivity (Wildman–Crippen MR) is 338 cm³/mol. The number of carbonyl (C=O) groups excluding carboxylic acids is 7. The lowest BCUT2D eigenvalue weighted by Gasteiger charge is -2.28. The molecule has 93 heavy (non-hydrogen) atoms. The fraction of sp³-hybridized carbons (Fsp3) is 0.391. The third-order valence-corrected chi connectivity index (χ3v) is 15.5. The van der Waals surface area contributed by atoms with Crippen molar-refractivity contribution in [1.82, 2.24) is 51.8 Å². The standard InChI is InChI=1S/C64H79N13O16/c1-34(27-35(2)51(91-8)29-40-13-10-9-11-14-40)16-23-46-36(3)55(80)71-48(61(86)87)24-25-53(79)76(7)39(6)58(83)68-38(5)57(82)72-49(60(85)73-54(62(88)89)37(4)56(81)70-47(59(84)69-46)15-12-26-67-64(65)66)28-41-17-21-45(22-18-41)92-33-43-32-77(75-74-43)50-30-42-19-20-44(78)31-52(42)93-63(50)90/h9-11,13-14,16-23,27,30-32,35-38,46-49,51,54,78H,6,12,15,24-26,28-29,33H2,1-5,7-8H3,(H,68,83)(H,69,84)(H,70,81)(H,71,80)(H,72,82)(H,73,85)(H,86,87)(H,88,89)(H4,65,66,67)/b23-16+,34-27+/t35-,36-,37-,38+,46-,47-,48+,49-,51-,54+/m0/s1. The van der Waals surface area contributed by atoms with Gasteiger partial charge in [0.15, 0.2) is 11.6 Å². The number of hydrogen-bond donors (Lipinski definition) is 11. The number of phenols is 1. The summed E-state index contributed by atoms with van der Waals surface area (Å²) in [7, 11) is 2.78. The molecule has 7 amide bonds. The molecule has 5 aromatic rings. The normalized spacial score (nSPS) is 22.0. The maximum Gasteiger partial charge on any atom is 0.362 e. The second-order valence-corrected chi connectivity index (χ2v) is 22.6. The van der Waals surface area contributed by atoms with E-state index in [0.29, 0.717) is 34.4 Å². The summed E-state index contributed by atoms with van der Waals surface area (Å²) in [6, 6.07) is 12.2. The fourth-order valence-corrected chi connectivity index (χ4v) is 9.81. The number of nitrogens with two attached hydrogens (primary N) is 2. The van der Waals surface area contributed by atoms with Gasteiger partial charge in [-0.15, -0.1) is 5.10 Å².